The minimum absolute atomic E-state index is 0.0551. The highest BCUT2D eigenvalue weighted by Crippen LogP contribution is 2.42. The SMILES string of the molecule is Cc1cc(C(Cl)c2csc3c(Br)cccc23)sc1C. The minimum atomic E-state index is -0.0551. The van der Waals surface area contributed by atoms with Gasteiger partial charge in [-0.25, -0.2) is 0 Å². The molecule has 1 aromatic carbocycles. The summed E-state index contributed by atoms with van der Waals surface area (Å²) in [5, 5.41) is 3.38. The standard InChI is InChI=1S/C15H12BrClS2/c1-8-6-13(19-9(8)2)14(17)11-7-18-15-10(11)4-3-5-12(15)16/h3-7,14H,1-2H3. The van der Waals surface area contributed by atoms with Gasteiger partial charge >= 0.3 is 0 Å². The molecule has 0 bridgehead atoms. The van der Waals surface area contributed by atoms with Crippen molar-refractivity contribution >= 4 is 60.3 Å². The largest absolute Gasteiger partial charge is 0.143 e. The van der Waals surface area contributed by atoms with Gasteiger partial charge in [-0.3, -0.25) is 0 Å². The molecule has 0 aliphatic heterocycles. The number of thiophene rings is 2. The Labute approximate surface area is 134 Å². The van der Waals surface area contributed by atoms with E-state index in [1.165, 1.54) is 31.0 Å². The second-order valence-electron chi connectivity index (χ2n) is 4.56. The molecule has 0 saturated carbocycles. The van der Waals surface area contributed by atoms with Crippen LogP contribution in [0.15, 0.2) is 34.1 Å². The van der Waals surface area contributed by atoms with Crippen LogP contribution >= 0.6 is 50.2 Å². The summed E-state index contributed by atoms with van der Waals surface area (Å²) in [5.41, 5.74) is 2.54. The van der Waals surface area contributed by atoms with Crippen molar-refractivity contribution < 1.29 is 0 Å². The summed E-state index contributed by atoms with van der Waals surface area (Å²) in [7, 11) is 0. The lowest BCUT2D eigenvalue weighted by molar-refractivity contribution is 1.21. The van der Waals surface area contributed by atoms with Crippen LogP contribution in [-0.2, 0) is 0 Å². The Morgan fingerprint density at radius 2 is 2.05 bits per heavy atom. The Morgan fingerprint density at radius 1 is 1.26 bits per heavy atom. The van der Waals surface area contributed by atoms with E-state index in [-0.39, 0.29) is 5.38 Å². The summed E-state index contributed by atoms with van der Waals surface area (Å²) in [6.07, 6.45) is 0. The van der Waals surface area contributed by atoms with Crippen LogP contribution in [0, 0.1) is 13.8 Å². The molecule has 0 saturated heterocycles. The lowest BCUT2D eigenvalue weighted by atomic mass is 10.1. The van der Waals surface area contributed by atoms with Gasteiger partial charge in [0.05, 0.1) is 5.38 Å². The zero-order valence-electron chi connectivity index (χ0n) is 10.5. The van der Waals surface area contributed by atoms with Crippen molar-refractivity contribution in [2.24, 2.45) is 0 Å². The summed E-state index contributed by atoms with van der Waals surface area (Å²) in [6, 6.07) is 8.50. The highest BCUT2D eigenvalue weighted by Gasteiger charge is 2.18. The van der Waals surface area contributed by atoms with E-state index >= 15 is 0 Å². The van der Waals surface area contributed by atoms with Crippen LogP contribution in [-0.4, -0.2) is 0 Å². The minimum Gasteiger partial charge on any atom is -0.143 e. The van der Waals surface area contributed by atoms with E-state index in [9.17, 15) is 0 Å². The van der Waals surface area contributed by atoms with Crippen LogP contribution in [0.1, 0.15) is 26.3 Å². The van der Waals surface area contributed by atoms with E-state index < -0.39 is 0 Å². The molecular formula is C15H12BrClS2. The average molecular weight is 372 g/mol. The molecule has 0 aliphatic carbocycles. The fourth-order valence-corrected chi connectivity index (χ4v) is 5.26. The number of aryl methyl sites for hydroxylation is 2. The van der Waals surface area contributed by atoms with E-state index in [0.717, 1.165) is 4.47 Å². The number of hydrogen-bond donors (Lipinski definition) is 0. The maximum atomic E-state index is 6.69. The third-order valence-corrected chi connectivity index (χ3v) is 7.08. The van der Waals surface area contributed by atoms with Gasteiger partial charge in [-0.1, -0.05) is 12.1 Å². The van der Waals surface area contributed by atoms with Crippen molar-refractivity contribution in [2.75, 3.05) is 0 Å². The van der Waals surface area contributed by atoms with E-state index in [1.54, 1.807) is 22.7 Å². The van der Waals surface area contributed by atoms with Crippen molar-refractivity contribution in [3.05, 3.63) is 55.0 Å². The Bertz CT molecular complexity index is 722. The van der Waals surface area contributed by atoms with Crippen molar-refractivity contribution in [3.63, 3.8) is 0 Å². The Kier molecular flexibility index (Phi) is 3.73. The van der Waals surface area contributed by atoms with Crippen molar-refractivity contribution in [1.29, 1.82) is 0 Å². The summed E-state index contributed by atoms with van der Waals surface area (Å²) in [4.78, 5) is 2.58. The predicted octanol–water partition coefficient (Wildman–Crippen LogP) is 6.67. The highest BCUT2D eigenvalue weighted by molar-refractivity contribution is 9.10. The van der Waals surface area contributed by atoms with E-state index in [4.69, 9.17) is 11.6 Å². The summed E-state index contributed by atoms with van der Waals surface area (Å²) < 4.78 is 2.41. The summed E-state index contributed by atoms with van der Waals surface area (Å²) >= 11 is 13.8. The quantitative estimate of drug-likeness (QED) is 0.441. The number of fused-ring (bicyclic) bond motifs is 1. The zero-order chi connectivity index (χ0) is 13.6. The molecule has 2 heterocycles. The number of benzene rings is 1. The Hall–Kier alpha value is -0.350. The predicted molar refractivity (Wildman–Crippen MR) is 91.0 cm³/mol. The molecule has 0 fully saturated rings. The maximum absolute atomic E-state index is 6.69. The van der Waals surface area contributed by atoms with Gasteiger partial charge < -0.3 is 0 Å². The first-order chi connectivity index (χ1) is 9.08. The Morgan fingerprint density at radius 3 is 2.74 bits per heavy atom. The zero-order valence-corrected chi connectivity index (χ0v) is 14.5. The van der Waals surface area contributed by atoms with Crippen molar-refractivity contribution in [2.45, 2.75) is 19.2 Å². The molecule has 0 radical (unpaired) electrons. The molecule has 0 aliphatic rings. The maximum Gasteiger partial charge on any atom is 0.0941 e. The summed E-state index contributed by atoms with van der Waals surface area (Å²) in [6.45, 7) is 4.29. The molecule has 4 heteroatoms. The highest BCUT2D eigenvalue weighted by atomic mass is 79.9. The second-order valence-corrected chi connectivity index (χ2v) is 8.02. The Balaban J connectivity index is 2.11. The molecule has 3 aromatic rings. The van der Waals surface area contributed by atoms with Crippen LogP contribution < -0.4 is 0 Å². The fourth-order valence-electron chi connectivity index (χ4n) is 2.12. The van der Waals surface area contributed by atoms with Gasteiger partial charge in [0.1, 0.15) is 0 Å². The number of halogens is 2. The van der Waals surface area contributed by atoms with Crippen molar-refractivity contribution in [3.8, 4) is 0 Å². The van der Waals surface area contributed by atoms with Crippen molar-refractivity contribution in [1.82, 2.24) is 0 Å². The van der Waals surface area contributed by atoms with Gasteiger partial charge in [0.25, 0.3) is 0 Å². The molecule has 3 rings (SSSR count). The van der Waals surface area contributed by atoms with Gasteiger partial charge in [0, 0.05) is 18.9 Å². The smallest absolute Gasteiger partial charge is 0.0941 e. The molecule has 1 atom stereocenters. The monoisotopic (exact) mass is 370 g/mol. The van der Waals surface area contributed by atoms with Crippen LogP contribution in [0.4, 0.5) is 0 Å². The van der Waals surface area contributed by atoms with E-state index in [2.05, 4.69) is 59.4 Å². The van der Waals surface area contributed by atoms with E-state index in [0.29, 0.717) is 0 Å². The number of hydrogen-bond acceptors (Lipinski definition) is 2. The first kappa shape index (κ1) is 13.6. The van der Waals surface area contributed by atoms with Crippen LogP contribution in [0.5, 0.6) is 0 Å². The lowest BCUT2D eigenvalue weighted by Gasteiger charge is -2.06. The first-order valence-electron chi connectivity index (χ1n) is 5.94. The van der Waals surface area contributed by atoms with Crippen LogP contribution in [0.3, 0.4) is 0 Å². The first-order valence-corrected chi connectivity index (χ1v) is 8.87. The molecule has 0 amide bonds. The second kappa shape index (κ2) is 5.21. The van der Waals surface area contributed by atoms with Crippen LogP contribution in [0.2, 0.25) is 0 Å². The molecule has 0 spiro atoms. The van der Waals surface area contributed by atoms with Gasteiger partial charge in [-0.05, 0) is 63.8 Å². The molecule has 0 nitrogen and oxygen atoms in total. The molecule has 98 valence electrons. The normalized spacial score (nSPS) is 13.1. The molecule has 19 heavy (non-hydrogen) atoms. The fraction of sp³-hybridized carbons (Fsp3) is 0.200. The van der Waals surface area contributed by atoms with Crippen LogP contribution in [0.25, 0.3) is 10.1 Å². The summed E-state index contributed by atoms with van der Waals surface area (Å²) in [5.74, 6) is 0. The topological polar surface area (TPSA) is 0 Å². The molecule has 0 N–H and O–H groups in total. The van der Waals surface area contributed by atoms with Gasteiger partial charge in [0.2, 0.25) is 0 Å². The third kappa shape index (κ3) is 2.38. The third-order valence-electron chi connectivity index (χ3n) is 3.29. The molecular weight excluding hydrogens is 360 g/mol. The molecule has 1 unspecified atom stereocenters. The van der Waals surface area contributed by atoms with Gasteiger partial charge in [0.15, 0.2) is 0 Å². The van der Waals surface area contributed by atoms with E-state index in [1.807, 2.05) is 0 Å². The number of alkyl halides is 1. The van der Waals surface area contributed by atoms with Gasteiger partial charge in [-0.2, -0.15) is 0 Å². The lowest BCUT2D eigenvalue weighted by Crippen LogP contribution is -1.88. The average Bonchev–Trinajstić information content (AvgIpc) is 2.94. The molecule has 2 aromatic heterocycles. The van der Waals surface area contributed by atoms with Gasteiger partial charge in [-0.15, -0.1) is 34.3 Å². The number of rotatable bonds is 2.